The number of fused-ring (bicyclic) bond motifs is 2. The highest BCUT2D eigenvalue weighted by atomic mass is 32.2. The molecule has 1 aromatic carbocycles. The van der Waals surface area contributed by atoms with Crippen molar-refractivity contribution in [3.63, 3.8) is 0 Å². The number of β-amino-alcohol motifs (C(OH)–C–C–N with tert-alkyl or cyclic N) is 1. The van der Waals surface area contributed by atoms with E-state index in [9.17, 15) is 19.5 Å². The number of anilines is 1. The minimum atomic E-state index is -0.831. The molecule has 2 saturated heterocycles. The fraction of sp³-hybridized carbons (Fsp3) is 0.480. The molecule has 174 valence electrons. The van der Waals surface area contributed by atoms with Crippen molar-refractivity contribution in [2.75, 3.05) is 31.1 Å². The predicted octanol–water partition coefficient (Wildman–Crippen LogP) is 1.69. The second kappa shape index (κ2) is 8.33. The Kier molecular flexibility index (Phi) is 5.61. The number of hydrogen-bond donors (Lipinski definition) is 1. The second-order valence-corrected chi connectivity index (χ2v) is 10.8. The molecule has 3 amide bonds. The average Bonchev–Trinajstić information content (AvgIpc) is 3.09. The highest BCUT2D eigenvalue weighted by molar-refractivity contribution is 8.02. The van der Waals surface area contributed by atoms with E-state index >= 15 is 0 Å². The molecule has 1 unspecified atom stereocenters. The first-order chi connectivity index (χ1) is 15.9. The first-order valence-electron chi connectivity index (χ1n) is 11.5. The Morgan fingerprint density at radius 1 is 1.06 bits per heavy atom. The second-order valence-electron chi connectivity index (χ2n) is 9.30. The van der Waals surface area contributed by atoms with Crippen molar-refractivity contribution in [3.8, 4) is 0 Å². The minimum Gasteiger partial charge on any atom is -0.395 e. The summed E-state index contributed by atoms with van der Waals surface area (Å²) in [6.07, 6.45) is 8.01. The van der Waals surface area contributed by atoms with Crippen molar-refractivity contribution >= 4 is 35.2 Å². The summed E-state index contributed by atoms with van der Waals surface area (Å²) in [5.41, 5.74) is 0.798. The van der Waals surface area contributed by atoms with Crippen molar-refractivity contribution in [3.05, 3.63) is 54.6 Å². The number of rotatable bonds is 4. The Labute approximate surface area is 198 Å². The van der Waals surface area contributed by atoms with Crippen molar-refractivity contribution in [2.45, 2.75) is 35.9 Å². The van der Waals surface area contributed by atoms with Gasteiger partial charge in [-0.1, -0.05) is 42.5 Å². The number of likely N-dealkylation sites (tertiary alicyclic amines) is 1. The van der Waals surface area contributed by atoms with Crippen LogP contribution in [-0.4, -0.2) is 80.9 Å². The van der Waals surface area contributed by atoms with Crippen LogP contribution in [0.5, 0.6) is 0 Å². The van der Waals surface area contributed by atoms with Crippen LogP contribution in [0.15, 0.2) is 54.6 Å². The van der Waals surface area contributed by atoms with Crippen molar-refractivity contribution < 1.29 is 19.5 Å². The van der Waals surface area contributed by atoms with Crippen LogP contribution < -0.4 is 4.90 Å². The summed E-state index contributed by atoms with van der Waals surface area (Å²) < 4.78 is -0.831. The SMILES string of the molecule is CC(C)N1CC=C[C@]23S[C@@H]4C=CCN(c5ccccc5)C(=O)[C@@H]4[C@H]2C(=O)N(CCO)C3C1=O. The first kappa shape index (κ1) is 22.2. The van der Waals surface area contributed by atoms with Gasteiger partial charge in [-0.2, -0.15) is 0 Å². The molecule has 1 aromatic rings. The molecular formula is C25H29N3O4S. The van der Waals surface area contributed by atoms with Gasteiger partial charge in [0.05, 0.1) is 23.2 Å². The fourth-order valence-electron chi connectivity index (χ4n) is 5.81. The third kappa shape index (κ3) is 3.26. The molecule has 2 fully saturated rings. The molecule has 5 rings (SSSR count). The lowest BCUT2D eigenvalue weighted by Gasteiger charge is -2.36. The number of amides is 3. The van der Waals surface area contributed by atoms with E-state index in [-0.39, 0.29) is 42.2 Å². The number of para-hydroxylation sites is 1. The third-order valence-electron chi connectivity index (χ3n) is 7.22. The van der Waals surface area contributed by atoms with Crippen molar-refractivity contribution in [1.82, 2.24) is 9.80 Å². The summed E-state index contributed by atoms with van der Waals surface area (Å²) in [5, 5.41) is 9.52. The Morgan fingerprint density at radius 2 is 1.82 bits per heavy atom. The van der Waals surface area contributed by atoms with Gasteiger partial charge in [0.15, 0.2) is 0 Å². The van der Waals surface area contributed by atoms with E-state index < -0.39 is 22.6 Å². The lowest BCUT2D eigenvalue weighted by molar-refractivity contribution is -0.143. The van der Waals surface area contributed by atoms with Gasteiger partial charge < -0.3 is 19.8 Å². The molecule has 0 radical (unpaired) electrons. The lowest BCUT2D eigenvalue weighted by Crippen LogP contribution is -2.54. The maximum absolute atomic E-state index is 13.9. The highest BCUT2D eigenvalue weighted by Gasteiger charge is 2.71. The van der Waals surface area contributed by atoms with Gasteiger partial charge in [-0.15, -0.1) is 11.8 Å². The van der Waals surface area contributed by atoms with Crippen molar-refractivity contribution in [2.24, 2.45) is 11.8 Å². The van der Waals surface area contributed by atoms with Crippen LogP contribution in [0.1, 0.15) is 13.8 Å². The molecule has 8 heteroatoms. The number of nitrogens with zero attached hydrogens (tertiary/aromatic N) is 3. The van der Waals surface area contributed by atoms with Gasteiger partial charge in [0.2, 0.25) is 17.7 Å². The van der Waals surface area contributed by atoms with Gasteiger partial charge in [0.25, 0.3) is 0 Å². The quantitative estimate of drug-likeness (QED) is 0.682. The molecule has 4 aliphatic rings. The predicted molar refractivity (Wildman–Crippen MR) is 128 cm³/mol. The molecule has 0 saturated carbocycles. The summed E-state index contributed by atoms with van der Waals surface area (Å²) in [6, 6.07) is 8.75. The number of carbonyl (C=O) groups is 3. The molecule has 33 heavy (non-hydrogen) atoms. The molecule has 1 N–H and O–H groups in total. The summed E-state index contributed by atoms with van der Waals surface area (Å²) in [6.45, 7) is 4.70. The molecule has 5 atom stereocenters. The smallest absolute Gasteiger partial charge is 0.247 e. The zero-order valence-electron chi connectivity index (χ0n) is 18.8. The van der Waals surface area contributed by atoms with Crippen LogP contribution in [0.4, 0.5) is 5.69 Å². The Morgan fingerprint density at radius 3 is 2.52 bits per heavy atom. The summed E-state index contributed by atoms with van der Waals surface area (Å²) in [4.78, 5) is 46.6. The molecule has 4 heterocycles. The topological polar surface area (TPSA) is 81.2 Å². The third-order valence-corrected chi connectivity index (χ3v) is 8.97. The van der Waals surface area contributed by atoms with Crippen LogP contribution in [-0.2, 0) is 14.4 Å². The minimum absolute atomic E-state index is 0.0191. The van der Waals surface area contributed by atoms with Crippen LogP contribution in [0, 0.1) is 11.8 Å². The molecule has 1 spiro atoms. The van der Waals surface area contributed by atoms with E-state index in [0.29, 0.717) is 13.1 Å². The molecular weight excluding hydrogens is 438 g/mol. The largest absolute Gasteiger partial charge is 0.395 e. The summed E-state index contributed by atoms with van der Waals surface area (Å²) >= 11 is 1.56. The maximum Gasteiger partial charge on any atom is 0.247 e. The standard InChI is InChI=1S/C25H29N3O4S/c1-16(2)26-13-7-11-25-20(23(31)28(14-15-29)21(25)24(26)32)19-18(33-25)10-6-12-27(22(19)30)17-8-4-3-5-9-17/h3-11,16,18-21,29H,12-15H2,1-2H3/t18-,19+,20+,21?,25+/m1/s1. The maximum atomic E-state index is 13.9. The molecule has 4 aliphatic heterocycles. The monoisotopic (exact) mass is 467 g/mol. The Balaban J connectivity index is 1.61. The summed E-state index contributed by atoms with van der Waals surface area (Å²) in [7, 11) is 0. The highest BCUT2D eigenvalue weighted by Crippen LogP contribution is 2.61. The number of hydrogen-bond acceptors (Lipinski definition) is 5. The number of aliphatic hydroxyl groups is 1. The van der Waals surface area contributed by atoms with E-state index in [0.717, 1.165) is 5.69 Å². The van der Waals surface area contributed by atoms with E-state index in [1.807, 2.05) is 68.5 Å². The van der Waals surface area contributed by atoms with Gasteiger partial charge in [-0.3, -0.25) is 14.4 Å². The van der Waals surface area contributed by atoms with E-state index in [2.05, 4.69) is 0 Å². The van der Waals surface area contributed by atoms with Crippen LogP contribution in [0.2, 0.25) is 0 Å². The molecule has 0 aliphatic carbocycles. The van der Waals surface area contributed by atoms with Gasteiger partial charge in [-0.25, -0.2) is 0 Å². The zero-order chi connectivity index (χ0) is 23.3. The zero-order valence-corrected chi connectivity index (χ0v) is 19.6. The molecule has 0 aromatic heterocycles. The van der Waals surface area contributed by atoms with Gasteiger partial charge in [0.1, 0.15) is 6.04 Å². The van der Waals surface area contributed by atoms with E-state index in [4.69, 9.17) is 0 Å². The van der Waals surface area contributed by atoms with Crippen LogP contribution in [0.3, 0.4) is 0 Å². The van der Waals surface area contributed by atoms with E-state index in [1.165, 1.54) is 4.90 Å². The average molecular weight is 468 g/mol. The van der Waals surface area contributed by atoms with Gasteiger partial charge in [-0.05, 0) is 26.0 Å². The Hall–Kier alpha value is -2.58. The number of carbonyl (C=O) groups excluding carboxylic acids is 3. The fourth-order valence-corrected chi connectivity index (χ4v) is 7.81. The van der Waals surface area contributed by atoms with Crippen LogP contribution in [0.25, 0.3) is 0 Å². The van der Waals surface area contributed by atoms with Crippen LogP contribution >= 0.6 is 11.8 Å². The van der Waals surface area contributed by atoms with Gasteiger partial charge >= 0.3 is 0 Å². The van der Waals surface area contributed by atoms with E-state index in [1.54, 1.807) is 21.6 Å². The molecule has 0 bridgehead atoms. The number of aliphatic hydroxyl groups excluding tert-OH is 1. The lowest BCUT2D eigenvalue weighted by atomic mass is 9.78. The first-order valence-corrected chi connectivity index (χ1v) is 12.4. The van der Waals surface area contributed by atoms with Gasteiger partial charge in [0, 0.05) is 36.6 Å². The molecule has 7 nitrogen and oxygen atoms in total. The Bertz CT molecular complexity index is 1030. The number of benzene rings is 1. The summed E-state index contributed by atoms with van der Waals surface area (Å²) in [5.74, 6) is -1.64. The van der Waals surface area contributed by atoms with Crippen molar-refractivity contribution in [1.29, 1.82) is 0 Å². The normalized spacial score (nSPS) is 33.3. The number of thioether (sulfide) groups is 1.